The second-order valence-electron chi connectivity index (χ2n) is 10.8. The summed E-state index contributed by atoms with van der Waals surface area (Å²) in [5, 5.41) is 7.14. The summed E-state index contributed by atoms with van der Waals surface area (Å²) in [6.45, 7) is 5.79. The van der Waals surface area contributed by atoms with E-state index in [1.54, 1.807) is 13.3 Å². The fourth-order valence-corrected chi connectivity index (χ4v) is 6.34. The number of hydrogen-bond donors (Lipinski definition) is 2. The first-order valence-electron chi connectivity index (χ1n) is 13.5. The summed E-state index contributed by atoms with van der Waals surface area (Å²) >= 11 is 0. The Morgan fingerprint density at radius 1 is 1.10 bits per heavy atom. The molecular weight excluding hydrogens is 533 g/mol. The molecule has 4 heterocycles. The third kappa shape index (κ3) is 4.86. The van der Waals surface area contributed by atoms with Gasteiger partial charge in [-0.25, -0.2) is 0 Å². The van der Waals surface area contributed by atoms with Crippen LogP contribution < -0.4 is 26.2 Å². The van der Waals surface area contributed by atoms with Crippen LogP contribution >= 0.6 is 0 Å². The van der Waals surface area contributed by atoms with E-state index in [0.717, 1.165) is 54.5 Å². The van der Waals surface area contributed by atoms with E-state index in [1.807, 2.05) is 30.3 Å². The van der Waals surface area contributed by atoms with Crippen molar-refractivity contribution in [2.45, 2.75) is 31.1 Å². The average Bonchev–Trinajstić information content (AvgIpc) is 3.00. The van der Waals surface area contributed by atoms with Crippen LogP contribution in [0.2, 0.25) is 0 Å². The largest absolute Gasteiger partial charge is 0.497 e. The van der Waals surface area contributed by atoms with Gasteiger partial charge in [-0.2, -0.15) is 13.2 Å². The van der Waals surface area contributed by atoms with Crippen LogP contribution in [0.3, 0.4) is 0 Å². The molecule has 7 nitrogen and oxygen atoms in total. The first-order chi connectivity index (χ1) is 19.7. The van der Waals surface area contributed by atoms with Crippen molar-refractivity contribution in [3.05, 3.63) is 99.0 Å². The lowest BCUT2D eigenvalue weighted by atomic mass is 9.73. The van der Waals surface area contributed by atoms with Crippen molar-refractivity contribution in [2.75, 3.05) is 30.8 Å². The van der Waals surface area contributed by atoms with Crippen LogP contribution in [0.4, 0.5) is 30.2 Å². The van der Waals surface area contributed by atoms with Crippen LogP contribution in [0.1, 0.15) is 30.0 Å². The number of ether oxygens (including phenoxy) is 1. The molecule has 212 valence electrons. The molecule has 3 aromatic carbocycles. The molecule has 41 heavy (non-hydrogen) atoms. The standard InChI is InChI=1S/C31H29F3N4O3/c1-3-17-16-38-13-11-18(17)14-25(38)26(22-10-12-35-24-9-8-21(41-2)15-23(22)24)37-28-27(29(39)30(28)40)36-20-6-4-19(5-7-20)31(32,33)34/h3-10,12,15,17-18,25-26,36-37H,1,11,13-14,16H2,2H3/t17-,18-,25+,26-/m0/s1. The molecule has 3 saturated heterocycles. The Balaban J connectivity index is 1.39. The summed E-state index contributed by atoms with van der Waals surface area (Å²) in [7, 11) is 1.59. The van der Waals surface area contributed by atoms with Crippen LogP contribution in [-0.2, 0) is 6.18 Å². The van der Waals surface area contributed by atoms with Crippen molar-refractivity contribution in [1.29, 1.82) is 0 Å². The molecule has 3 fully saturated rings. The molecule has 10 heteroatoms. The Labute approximate surface area is 234 Å². The molecule has 3 aliphatic heterocycles. The fraction of sp³-hybridized carbons (Fsp3) is 0.323. The lowest BCUT2D eigenvalue weighted by molar-refractivity contribution is -0.137. The Hall–Kier alpha value is -4.18. The summed E-state index contributed by atoms with van der Waals surface area (Å²) in [5.74, 6) is 1.51. The summed E-state index contributed by atoms with van der Waals surface area (Å²) in [4.78, 5) is 32.5. The van der Waals surface area contributed by atoms with Gasteiger partial charge in [-0.15, -0.1) is 6.58 Å². The molecular formula is C31H29F3N4O3. The molecule has 2 bridgehead atoms. The van der Waals surface area contributed by atoms with Gasteiger partial charge in [-0.1, -0.05) is 6.08 Å². The van der Waals surface area contributed by atoms with E-state index in [0.29, 0.717) is 17.6 Å². The van der Waals surface area contributed by atoms with Crippen LogP contribution in [0.15, 0.2) is 77.0 Å². The van der Waals surface area contributed by atoms with Gasteiger partial charge < -0.3 is 15.4 Å². The number of alkyl halides is 3. The van der Waals surface area contributed by atoms with E-state index in [-0.39, 0.29) is 29.1 Å². The van der Waals surface area contributed by atoms with E-state index in [2.05, 4.69) is 27.1 Å². The minimum absolute atomic E-state index is 0.0186. The summed E-state index contributed by atoms with van der Waals surface area (Å²) in [6.07, 6.45) is 1.20. The average molecular weight is 563 g/mol. The molecule has 0 amide bonds. The number of pyridine rings is 1. The van der Waals surface area contributed by atoms with Gasteiger partial charge in [0.2, 0.25) is 0 Å². The number of nitrogens with one attached hydrogen (secondary N) is 2. The Kier molecular flexibility index (Phi) is 6.81. The van der Waals surface area contributed by atoms with Gasteiger partial charge in [-0.3, -0.25) is 19.5 Å². The highest BCUT2D eigenvalue weighted by Gasteiger charge is 2.43. The van der Waals surface area contributed by atoms with Crippen molar-refractivity contribution in [3.63, 3.8) is 0 Å². The van der Waals surface area contributed by atoms with Crippen molar-refractivity contribution in [1.82, 2.24) is 9.88 Å². The highest BCUT2D eigenvalue weighted by molar-refractivity contribution is 5.85. The van der Waals surface area contributed by atoms with Gasteiger partial charge in [0, 0.05) is 29.9 Å². The van der Waals surface area contributed by atoms with E-state index in [9.17, 15) is 22.8 Å². The number of halogens is 3. The molecule has 0 radical (unpaired) electrons. The number of benzene rings is 2. The first-order valence-corrected chi connectivity index (χ1v) is 13.5. The third-order valence-corrected chi connectivity index (χ3v) is 8.55. The molecule has 3 aliphatic rings. The number of rotatable bonds is 8. The second kappa shape index (κ2) is 10.3. The molecule has 4 aromatic rings. The van der Waals surface area contributed by atoms with E-state index >= 15 is 0 Å². The van der Waals surface area contributed by atoms with Gasteiger partial charge in [0.05, 0.1) is 24.2 Å². The lowest BCUT2D eigenvalue weighted by Crippen LogP contribution is -2.56. The topological polar surface area (TPSA) is 83.6 Å². The Morgan fingerprint density at radius 3 is 2.51 bits per heavy atom. The maximum Gasteiger partial charge on any atom is 0.416 e. The van der Waals surface area contributed by atoms with E-state index in [1.165, 1.54) is 12.1 Å². The van der Waals surface area contributed by atoms with Gasteiger partial charge in [0.1, 0.15) is 17.1 Å². The summed E-state index contributed by atoms with van der Waals surface area (Å²) in [6, 6.07) is 11.5. The number of fused-ring (bicyclic) bond motifs is 4. The van der Waals surface area contributed by atoms with Crippen LogP contribution in [0.25, 0.3) is 10.9 Å². The molecule has 0 saturated carbocycles. The monoisotopic (exact) mass is 562 g/mol. The van der Waals surface area contributed by atoms with Crippen molar-refractivity contribution in [3.8, 4) is 5.75 Å². The van der Waals surface area contributed by atoms with E-state index < -0.39 is 22.6 Å². The number of methoxy groups -OCH3 is 1. The van der Waals surface area contributed by atoms with Crippen molar-refractivity contribution in [2.24, 2.45) is 11.8 Å². The summed E-state index contributed by atoms with van der Waals surface area (Å²) < 4.78 is 44.6. The highest BCUT2D eigenvalue weighted by atomic mass is 19.4. The van der Waals surface area contributed by atoms with Gasteiger partial charge >= 0.3 is 6.18 Å². The maximum atomic E-state index is 13.0. The van der Waals surface area contributed by atoms with Crippen LogP contribution in [0, 0.1) is 11.8 Å². The Bertz CT molecular complexity index is 1680. The minimum atomic E-state index is -4.48. The van der Waals surface area contributed by atoms with Crippen molar-refractivity contribution < 1.29 is 17.9 Å². The number of piperidine rings is 3. The molecule has 1 unspecified atom stereocenters. The van der Waals surface area contributed by atoms with Gasteiger partial charge in [0.15, 0.2) is 0 Å². The number of aromatic nitrogens is 1. The maximum absolute atomic E-state index is 13.0. The number of nitrogens with zero attached hydrogens (tertiary/aromatic N) is 2. The zero-order valence-electron chi connectivity index (χ0n) is 22.4. The highest BCUT2D eigenvalue weighted by Crippen LogP contribution is 2.44. The zero-order chi connectivity index (χ0) is 28.9. The van der Waals surface area contributed by atoms with Gasteiger partial charge in [-0.05, 0) is 85.3 Å². The van der Waals surface area contributed by atoms with Crippen LogP contribution in [-0.4, -0.2) is 36.1 Å². The molecule has 2 N–H and O–H groups in total. The predicted octanol–water partition coefficient (Wildman–Crippen LogP) is 5.65. The first kappa shape index (κ1) is 27.0. The quantitative estimate of drug-likeness (QED) is 0.212. The number of hydrogen-bond acceptors (Lipinski definition) is 7. The molecule has 7 rings (SSSR count). The lowest BCUT2D eigenvalue weighted by Gasteiger charge is -2.52. The minimum Gasteiger partial charge on any atom is -0.497 e. The molecule has 0 aliphatic carbocycles. The molecule has 0 spiro atoms. The SMILES string of the molecule is C=C[C@H]1CN2CC[C@H]1C[C@@H]2[C@@H](Nc1c(Nc2ccc(C(F)(F)F)cc2)c(=O)c1=O)c1ccnc2ccc(OC)cc12. The van der Waals surface area contributed by atoms with E-state index in [4.69, 9.17) is 4.74 Å². The van der Waals surface area contributed by atoms with Crippen LogP contribution in [0.5, 0.6) is 5.75 Å². The number of anilines is 3. The fourth-order valence-electron chi connectivity index (χ4n) is 6.34. The Morgan fingerprint density at radius 2 is 1.85 bits per heavy atom. The predicted molar refractivity (Wildman–Crippen MR) is 153 cm³/mol. The molecule has 5 atom stereocenters. The third-order valence-electron chi connectivity index (χ3n) is 8.55. The normalized spacial score (nSPS) is 22.9. The van der Waals surface area contributed by atoms with Gasteiger partial charge in [0.25, 0.3) is 10.9 Å². The summed E-state index contributed by atoms with van der Waals surface area (Å²) in [5.41, 5.74) is -0.0711. The zero-order valence-corrected chi connectivity index (χ0v) is 22.4. The molecule has 1 aromatic heterocycles. The second-order valence-corrected chi connectivity index (χ2v) is 10.8. The van der Waals surface area contributed by atoms with Crippen molar-refractivity contribution >= 4 is 28.0 Å². The smallest absolute Gasteiger partial charge is 0.416 e.